The number of nitrogens with one attached hydrogen (secondary N) is 1. The second kappa shape index (κ2) is 7.82. The molecule has 0 bridgehead atoms. The van der Waals surface area contributed by atoms with Crippen molar-refractivity contribution in [3.8, 4) is 5.75 Å². The Bertz CT molecular complexity index is 505. The first-order chi connectivity index (χ1) is 11.2. The van der Waals surface area contributed by atoms with E-state index < -0.39 is 0 Å². The third-order valence-corrected chi connectivity index (χ3v) is 5.37. The standard InChI is InChI=1S/C19H28N2O2/c1-21(9-5-6-10-23-18-7-3-2-4-8-18)17-11-15-13-19(22)20-14-16(15)12-17/h2-4,7-8,15-17H,5-6,9-14H2,1H3,(H,20,22)/t15-,16+,17-/m1/s1. The second-order valence-electron chi connectivity index (χ2n) is 7.00. The number of carbonyl (C=O) groups is 1. The summed E-state index contributed by atoms with van der Waals surface area (Å²) in [6, 6.07) is 10.7. The molecular weight excluding hydrogens is 288 g/mol. The van der Waals surface area contributed by atoms with Crippen molar-refractivity contribution in [1.82, 2.24) is 10.2 Å². The average molecular weight is 316 g/mol. The number of hydrogen-bond donors (Lipinski definition) is 1. The Hall–Kier alpha value is -1.55. The van der Waals surface area contributed by atoms with E-state index in [0.717, 1.165) is 44.7 Å². The van der Waals surface area contributed by atoms with Gasteiger partial charge in [0.25, 0.3) is 0 Å². The Balaban J connectivity index is 1.32. The highest BCUT2D eigenvalue weighted by atomic mass is 16.5. The molecule has 0 spiro atoms. The van der Waals surface area contributed by atoms with Crippen LogP contribution in [0.4, 0.5) is 0 Å². The molecule has 2 aliphatic rings. The van der Waals surface area contributed by atoms with E-state index in [-0.39, 0.29) is 5.91 Å². The monoisotopic (exact) mass is 316 g/mol. The molecule has 1 saturated heterocycles. The van der Waals surface area contributed by atoms with Crippen LogP contribution in [0.3, 0.4) is 0 Å². The smallest absolute Gasteiger partial charge is 0.220 e. The molecule has 1 heterocycles. The van der Waals surface area contributed by atoms with E-state index in [1.807, 2.05) is 30.3 Å². The van der Waals surface area contributed by atoms with Crippen molar-refractivity contribution in [3.05, 3.63) is 30.3 Å². The van der Waals surface area contributed by atoms with Crippen molar-refractivity contribution < 1.29 is 9.53 Å². The number of unbranched alkanes of at least 4 members (excludes halogenated alkanes) is 1. The van der Waals surface area contributed by atoms with Gasteiger partial charge in [0.05, 0.1) is 6.61 Å². The molecule has 126 valence electrons. The van der Waals surface area contributed by atoms with E-state index in [1.165, 1.54) is 12.8 Å². The Morgan fingerprint density at radius 2 is 1.96 bits per heavy atom. The number of amides is 1. The predicted octanol–water partition coefficient (Wildman–Crippen LogP) is 2.69. The Kier molecular flexibility index (Phi) is 5.55. The highest BCUT2D eigenvalue weighted by Gasteiger charge is 2.39. The minimum atomic E-state index is 0.243. The van der Waals surface area contributed by atoms with Crippen molar-refractivity contribution in [2.24, 2.45) is 11.8 Å². The number of ether oxygens (including phenoxy) is 1. The highest BCUT2D eigenvalue weighted by molar-refractivity contribution is 5.77. The summed E-state index contributed by atoms with van der Waals surface area (Å²) >= 11 is 0. The van der Waals surface area contributed by atoms with Crippen molar-refractivity contribution >= 4 is 5.91 Å². The fourth-order valence-electron chi connectivity index (χ4n) is 3.95. The normalized spacial score (nSPS) is 26.9. The molecule has 4 nitrogen and oxygen atoms in total. The summed E-state index contributed by atoms with van der Waals surface area (Å²) in [7, 11) is 2.23. The predicted molar refractivity (Wildman–Crippen MR) is 91.4 cm³/mol. The van der Waals surface area contributed by atoms with Crippen LogP contribution in [0.25, 0.3) is 0 Å². The van der Waals surface area contributed by atoms with Crippen LogP contribution in [-0.2, 0) is 4.79 Å². The minimum Gasteiger partial charge on any atom is -0.494 e. The first-order valence-electron chi connectivity index (χ1n) is 8.87. The number of hydrogen-bond acceptors (Lipinski definition) is 3. The Morgan fingerprint density at radius 3 is 2.78 bits per heavy atom. The quantitative estimate of drug-likeness (QED) is 0.786. The van der Waals surface area contributed by atoms with Crippen LogP contribution in [0, 0.1) is 11.8 Å². The summed E-state index contributed by atoms with van der Waals surface area (Å²) in [5.74, 6) is 2.50. The number of para-hydroxylation sites is 1. The number of nitrogens with zero attached hydrogens (tertiary/aromatic N) is 1. The first kappa shape index (κ1) is 16.3. The van der Waals surface area contributed by atoms with E-state index in [0.29, 0.717) is 17.9 Å². The Labute approximate surface area is 139 Å². The molecule has 1 saturated carbocycles. The van der Waals surface area contributed by atoms with Gasteiger partial charge in [-0.25, -0.2) is 0 Å². The molecule has 1 aromatic carbocycles. The van der Waals surface area contributed by atoms with Crippen LogP contribution in [0.1, 0.15) is 32.1 Å². The van der Waals surface area contributed by atoms with Gasteiger partial charge in [-0.1, -0.05) is 18.2 Å². The number of fused-ring (bicyclic) bond motifs is 1. The lowest BCUT2D eigenvalue weighted by Crippen LogP contribution is -2.38. The van der Waals surface area contributed by atoms with Crippen LogP contribution < -0.4 is 10.1 Å². The summed E-state index contributed by atoms with van der Waals surface area (Å²) in [5, 5.41) is 3.01. The largest absolute Gasteiger partial charge is 0.494 e. The average Bonchev–Trinajstić information content (AvgIpc) is 2.98. The zero-order chi connectivity index (χ0) is 16.1. The zero-order valence-corrected chi connectivity index (χ0v) is 14.0. The third kappa shape index (κ3) is 4.47. The fraction of sp³-hybridized carbons (Fsp3) is 0.632. The van der Waals surface area contributed by atoms with E-state index in [4.69, 9.17) is 4.74 Å². The molecule has 2 fully saturated rings. The van der Waals surface area contributed by atoms with Crippen molar-refractivity contribution in [1.29, 1.82) is 0 Å². The molecule has 23 heavy (non-hydrogen) atoms. The minimum absolute atomic E-state index is 0.243. The van der Waals surface area contributed by atoms with Crippen molar-refractivity contribution in [2.75, 3.05) is 26.7 Å². The van der Waals surface area contributed by atoms with Crippen LogP contribution in [0.2, 0.25) is 0 Å². The third-order valence-electron chi connectivity index (χ3n) is 5.37. The van der Waals surface area contributed by atoms with Gasteiger partial charge in [0.15, 0.2) is 0 Å². The van der Waals surface area contributed by atoms with Crippen LogP contribution in [-0.4, -0.2) is 43.6 Å². The van der Waals surface area contributed by atoms with E-state index >= 15 is 0 Å². The van der Waals surface area contributed by atoms with E-state index in [1.54, 1.807) is 0 Å². The molecule has 0 unspecified atom stereocenters. The molecule has 1 N–H and O–H groups in total. The first-order valence-corrected chi connectivity index (χ1v) is 8.87. The number of rotatable bonds is 7. The molecule has 1 amide bonds. The van der Waals surface area contributed by atoms with Gasteiger partial charge in [-0.3, -0.25) is 4.79 Å². The number of benzene rings is 1. The maximum Gasteiger partial charge on any atom is 0.220 e. The van der Waals surface area contributed by atoms with Crippen molar-refractivity contribution in [3.63, 3.8) is 0 Å². The van der Waals surface area contributed by atoms with Gasteiger partial charge in [-0.05, 0) is 63.2 Å². The molecule has 3 rings (SSSR count). The maximum atomic E-state index is 11.5. The lowest BCUT2D eigenvalue weighted by Gasteiger charge is -2.24. The summed E-state index contributed by atoms with van der Waals surface area (Å²) in [6.45, 7) is 2.79. The molecule has 1 aliphatic heterocycles. The van der Waals surface area contributed by atoms with Gasteiger partial charge in [0, 0.05) is 19.0 Å². The molecule has 0 radical (unpaired) electrons. The van der Waals surface area contributed by atoms with Gasteiger partial charge in [0.1, 0.15) is 5.75 Å². The maximum absolute atomic E-state index is 11.5. The molecule has 1 aromatic rings. The summed E-state index contributed by atoms with van der Waals surface area (Å²) in [4.78, 5) is 14.0. The summed E-state index contributed by atoms with van der Waals surface area (Å²) < 4.78 is 5.74. The molecule has 1 aliphatic carbocycles. The molecule has 3 atom stereocenters. The van der Waals surface area contributed by atoms with Crippen LogP contribution in [0.15, 0.2) is 30.3 Å². The van der Waals surface area contributed by atoms with E-state index in [9.17, 15) is 4.79 Å². The molecule has 4 heteroatoms. The lowest BCUT2D eigenvalue weighted by atomic mass is 9.89. The summed E-state index contributed by atoms with van der Waals surface area (Å²) in [6.07, 6.45) is 5.40. The van der Waals surface area contributed by atoms with Gasteiger partial charge in [0.2, 0.25) is 5.91 Å². The summed E-state index contributed by atoms with van der Waals surface area (Å²) in [5.41, 5.74) is 0. The van der Waals surface area contributed by atoms with Gasteiger partial charge in [-0.2, -0.15) is 0 Å². The van der Waals surface area contributed by atoms with Crippen LogP contribution in [0.5, 0.6) is 5.75 Å². The number of carbonyl (C=O) groups excluding carboxylic acids is 1. The Morgan fingerprint density at radius 1 is 1.17 bits per heavy atom. The fourth-order valence-corrected chi connectivity index (χ4v) is 3.95. The van der Waals surface area contributed by atoms with Gasteiger partial charge < -0.3 is 15.0 Å². The zero-order valence-electron chi connectivity index (χ0n) is 14.0. The highest BCUT2D eigenvalue weighted by Crippen LogP contribution is 2.38. The molecular formula is C19H28N2O2. The van der Waals surface area contributed by atoms with Gasteiger partial charge >= 0.3 is 0 Å². The van der Waals surface area contributed by atoms with Crippen LogP contribution >= 0.6 is 0 Å². The molecule has 0 aromatic heterocycles. The van der Waals surface area contributed by atoms with Crippen molar-refractivity contribution in [2.45, 2.75) is 38.1 Å². The topological polar surface area (TPSA) is 41.6 Å². The van der Waals surface area contributed by atoms with E-state index in [2.05, 4.69) is 17.3 Å². The SMILES string of the molecule is CN(CCCCOc1ccccc1)[C@H]1C[C@H]2CNC(=O)C[C@H]2C1. The second-order valence-corrected chi connectivity index (χ2v) is 7.00. The number of piperidine rings is 1. The lowest BCUT2D eigenvalue weighted by molar-refractivity contribution is -0.124. The van der Waals surface area contributed by atoms with Gasteiger partial charge in [-0.15, -0.1) is 0 Å².